The molecule has 2 rings (SSSR count). The van der Waals surface area contributed by atoms with Gasteiger partial charge >= 0.3 is 0 Å². The third-order valence-electron chi connectivity index (χ3n) is 3.95. The summed E-state index contributed by atoms with van der Waals surface area (Å²) in [6.07, 6.45) is 4.36. The fraction of sp³-hybridized carbons (Fsp3) is 0.571. The molecule has 21 heavy (non-hydrogen) atoms. The monoisotopic (exact) mass is 334 g/mol. The van der Waals surface area contributed by atoms with Gasteiger partial charge in [0.15, 0.2) is 0 Å². The Morgan fingerprint density at radius 3 is 2.81 bits per heavy atom. The van der Waals surface area contributed by atoms with Gasteiger partial charge in [-0.2, -0.15) is 0 Å². The summed E-state index contributed by atoms with van der Waals surface area (Å²) in [5.74, 6) is 0.235. The zero-order valence-electron chi connectivity index (χ0n) is 11.9. The van der Waals surface area contributed by atoms with E-state index in [4.69, 9.17) is 17.3 Å². The summed E-state index contributed by atoms with van der Waals surface area (Å²) in [5.41, 5.74) is 5.19. The molecule has 1 saturated carbocycles. The first-order chi connectivity index (χ1) is 9.79. The Morgan fingerprint density at radius 2 is 2.14 bits per heavy atom. The maximum Gasteiger partial charge on any atom is 0.242 e. The van der Waals surface area contributed by atoms with Crippen molar-refractivity contribution >= 4 is 27.3 Å². The van der Waals surface area contributed by atoms with Crippen LogP contribution in [0.4, 0.5) is 10.1 Å². The molecule has 118 valence electrons. The second kappa shape index (κ2) is 6.50. The van der Waals surface area contributed by atoms with E-state index in [-0.39, 0.29) is 15.6 Å². The van der Waals surface area contributed by atoms with Crippen LogP contribution in [0.5, 0.6) is 0 Å². The lowest BCUT2D eigenvalue weighted by molar-refractivity contribution is 0.283. The molecule has 7 heteroatoms. The molecule has 1 aliphatic carbocycles. The van der Waals surface area contributed by atoms with Crippen LogP contribution in [0.25, 0.3) is 0 Å². The van der Waals surface area contributed by atoms with E-state index < -0.39 is 15.8 Å². The summed E-state index contributed by atoms with van der Waals surface area (Å²) in [4.78, 5) is -0.174. The summed E-state index contributed by atoms with van der Waals surface area (Å²) in [6, 6.07) is 1.98. The molecule has 2 atom stereocenters. The lowest BCUT2D eigenvalue weighted by Crippen LogP contribution is -2.31. The summed E-state index contributed by atoms with van der Waals surface area (Å²) < 4.78 is 40.3. The highest BCUT2D eigenvalue weighted by atomic mass is 35.5. The Labute approximate surface area is 129 Å². The largest absolute Gasteiger partial charge is 0.396 e. The Balaban J connectivity index is 2.10. The molecule has 1 aromatic rings. The SMILES string of the molecule is CC1CCCC(CNS(=O)(=O)c2cc(N)c(F)cc2Cl)C1. The molecule has 0 saturated heterocycles. The molecule has 3 N–H and O–H groups in total. The molecule has 0 spiro atoms. The van der Waals surface area contributed by atoms with Gasteiger partial charge in [-0.25, -0.2) is 17.5 Å². The number of nitrogen functional groups attached to an aromatic ring is 1. The number of halogens is 2. The lowest BCUT2D eigenvalue weighted by Gasteiger charge is -2.26. The number of hydrogen-bond acceptors (Lipinski definition) is 3. The van der Waals surface area contributed by atoms with Crippen LogP contribution in [0.15, 0.2) is 17.0 Å². The highest BCUT2D eigenvalue weighted by Crippen LogP contribution is 2.29. The Morgan fingerprint density at radius 1 is 1.43 bits per heavy atom. The van der Waals surface area contributed by atoms with Gasteiger partial charge in [0.25, 0.3) is 0 Å². The van der Waals surface area contributed by atoms with E-state index in [2.05, 4.69) is 11.6 Å². The van der Waals surface area contributed by atoms with E-state index in [1.165, 1.54) is 6.42 Å². The molecular formula is C14H20ClFN2O2S. The molecule has 0 aliphatic heterocycles. The van der Waals surface area contributed by atoms with Gasteiger partial charge in [0.05, 0.1) is 10.7 Å². The van der Waals surface area contributed by atoms with E-state index in [0.29, 0.717) is 18.4 Å². The third kappa shape index (κ3) is 4.08. The van der Waals surface area contributed by atoms with Crippen LogP contribution in [-0.4, -0.2) is 15.0 Å². The van der Waals surface area contributed by atoms with Crippen LogP contribution in [0, 0.1) is 17.7 Å². The number of nitrogens with one attached hydrogen (secondary N) is 1. The zero-order chi connectivity index (χ0) is 15.6. The average Bonchev–Trinajstić information content (AvgIpc) is 2.41. The van der Waals surface area contributed by atoms with Crippen LogP contribution < -0.4 is 10.5 Å². The minimum Gasteiger partial charge on any atom is -0.396 e. The molecule has 2 unspecified atom stereocenters. The molecule has 0 aromatic heterocycles. The maximum atomic E-state index is 13.2. The topological polar surface area (TPSA) is 72.2 Å². The molecule has 1 aromatic carbocycles. The minimum atomic E-state index is -3.78. The van der Waals surface area contributed by atoms with Gasteiger partial charge in [-0.3, -0.25) is 0 Å². The number of benzene rings is 1. The number of nitrogens with two attached hydrogens (primary N) is 1. The van der Waals surface area contributed by atoms with E-state index in [0.717, 1.165) is 31.4 Å². The maximum absolute atomic E-state index is 13.2. The predicted octanol–water partition coefficient (Wildman–Crippen LogP) is 3.17. The van der Waals surface area contributed by atoms with E-state index in [9.17, 15) is 12.8 Å². The number of anilines is 1. The Hall–Kier alpha value is -0.850. The highest BCUT2D eigenvalue weighted by Gasteiger charge is 2.24. The van der Waals surface area contributed by atoms with Crippen LogP contribution in [0.2, 0.25) is 5.02 Å². The number of hydrogen-bond donors (Lipinski definition) is 2. The molecule has 0 radical (unpaired) electrons. The van der Waals surface area contributed by atoms with Crippen LogP contribution in [0.3, 0.4) is 0 Å². The second-order valence-corrected chi connectivity index (χ2v) is 7.94. The van der Waals surface area contributed by atoms with E-state index in [1.54, 1.807) is 0 Å². The summed E-state index contributed by atoms with van der Waals surface area (Å²) in [5, 5.41) is -0.161. The Kier molecular flexibility index (Phi) is 5.11. The lowest BCUT2D eigenvalue weighted by atomic mass is 9.83. The first kappa shape index (κ1) is 16.5. The summed E-state index contributed by atoms with van der Waals surface area (Å²) in [7, 11) is -3.78. The normalized spacial score (nSPS) is 23.2. The quantitative estimate of drug-likeness (QED) is 0.831. The standard InChI is InChI=1S/C14H20ClFN2O2S/c1-9-3-2-4-10(5-9)8-18-21(19,20)14-7-13(17)12(16)6-11(14)15/h6-7,9-10,18H,2-5,8,17H2,1H3. The van der Waals surface area contributed by atoms with E-state index >= 15 is 0 Å². The van der Waals surface area contributed by atoms with Crippen molar-refractivity contribution in [2.24, 2.45) is 11.8 Å². The van der Waals surface area contributed by atoms with Crippen molar-refractivity contribution in [2.75, 3.05) is 12.3 Å². The molecule has 1 aliphatic rings. The summed E-state index contributed by atoms with van der Waals surface area (Å²) in [6.45, 7) is 2.55. The first-order valence-electron chi connectivity index (χ1n) is 7.04. The van der Waals surface area contributed by atoms with Crippen LogP contribution in [0.1, 0.15) is 32.6 Å². The predicted molar refractivity (Wildman–Crippen MR) is 82.1 cm³/mol. The van der Waals surface area contributed by atoms with Crippen molar-refractivity contribution in [2.45, 2.75) is 37.5 Å². The molecule has 0 amide bonds. The smallest absolute Gasteiger partial charge is 0.242 e. The molecule has 0 bridgehead atoms. The zero-order valence-corrected chi connectivity index (χ0v) is 13.5. The highest BCUT2D eigenvalue weighted by molar-refractivity contribution is 7.89. The van der Waals surface area contributed by atoms with E-state index in [1.807, 2.05) is 0 Å². The Bertz CT molecular complexity index is 622. The van der Waals surface area contributed by atoms with Gasteiger partial charge < -0.3 is 5.73 Å². The van der Waals surface area contributed by atoms with Crippen molar-refractivity contribution in [3.63, 3.8) is 0 Å². The van der Waals surface area contributed by atoms with Crippen molar-refractivity contribution in [3.05, 3.63) is 23.0 Å². The summed E-state index contributed by atoms with van der Waals surface area (Å²) >= 11 is 5.82. The molecule has 4 nitrogen and oxygen atoms in total. The fourth-order valence-corrected chi connectivity index (χ4v) is 4.46. The van der Waals surface area contributed by atoms with Crippen molar-refractivity contribution in [1.82, 2.24) is 4.72 Å². The minimum absolute atomic E-state index is 0.161. The van der Waals surface area contributed by atoms with Gasteiger partial charge in [-0.1, -0.05) is 31.4 Å². The second-order valence-electron chi connectivity index (χ2n) is 5.79. The fourth-order valence-electron chi connectivity index (χ4n) is 2.80. The van der Waals surface area contributed by atoms with Gasteiger partial charge in [-0.15, -0.1) is 0 Å². The van der Waals surface area contributed by atoms with Gasteiger partial charge in [0.1, 0.15) is 10.7 Å². The van der Waals surface area contributed by atoms with Gasteiger partial charge in [-0.05, 0) is 36.8 Å². The molecular weight excluding hydrogens is 315 g/mol. The van der Waals surface area contributed by atoms with Crippen molar-refractivity contribution in [1.29, 1.82) is 0 Å². The third-order valence-corrected chi connectivity index (χ3v) is 5.84. The van der Waals surface area contributed by atoms with Crippen molar-refractivity contribution < 1.29 is 12.8 Å². The van der Waals surface area contributed by atoms with Crippen LogP contribution in [-0.2, 0) is 10.0 Å². The van der Waals surface area contributed by atoms with Gasteiger partial charge in [0.2, 0.25) is 10.0 Å². The average molecular weight is 335 g/mol. The first-order valence-corrected chi connectivity index (χ1v) is 8.90. The van der Waals surface area contributed by atoms with Gasteiger partial charge in [0, 0.05) is 6.54 Å². The molecule has 1 fully saturated rings. The van der Waals surface area contributed by atoms with Crippen molar-refractivity contribution in [3.8, 4) is 0 Å². The van der Waals surface area contributed by atoms with Crippen LogP contribution >= 0.6 is 11.6 Å². The number of sulfonamides is 1. The molecule has 0 heterocycles. The number of rotatable bonds is 4.